The first kappa shape index (κ1) is 22.4. The molecule has 1 atom stereocenters. The first-order valence-electron chi connectivity index (χ1n) is 10.6. The van der Waals surface area contributed by atoms with Crippen LogP contribution in [0.5, 0.6) is 11.5 Å². The van der Waals surface area contributed by atoms with Crippen molar-refractivity contribution >= 4 is 28.2 Å². The first-order chi connectivity index (χ1) is 15.8. The molecule has 1 fully saturated rings. The van der Waals surface area contributed by atoms with Gasteiger partial charge < -0.3 is 24.7 Å². The third-order valence-electron chi connectivity index (χ3n) is 5.89. The Morgan fingerprint density at radius 1 is 1.06 bits per heavy atom. The maximum atomic E-state index is 13.2. The number of ether oxygens (including phenoxy) is 1. The van der Waals surface area contributed by atoms with Gasteiger partial charge in [0.05, 0.1) is 24.3 Å². The number of hydrogen-bond acceptors (Lipinski definition) is 6. The van der Waals surface area contributed by atoms with Crippen LogP contribution in [0.25, 0.3) is 16.5 Å². The number of likely N-dealkylation sites (tertiary alicyclic amines) is 1. The number of aliphatic hydroxyl groups is 1. The second-order valence-electron chi connectivity index (χ2n) is 8.26. The molecule has 3 aromatic rings. The van der Waals surface area contributed by atoms with Gasteiger partial charge in [-0.1, -0.05) is 42.5 Å². The number of fused-ring (bicyclic) bond motifs is 1. The normalized spacial score (nSPS) is 17.8. The minimum absolute atomic E-state index is 0.0578. The standard InChI is InChI=1S/C26H26N2O5/c1-27(2)13-14-28-22(17-8-6-9-18(15-17)33-3)21(25(31)26(28)32)24(30)20-12-11-16-7-4-5-10-19(16)23(20)29/h4-12,15,22,29-30H,13-14H2,1-3H3/b24-21+. The molecule has 1 saturated heterocycles. The molecule has 33 heavy (non-hydrogen) atoms. The maximum Gasteiger partial charge on any atom is 0.295 e. The number of nitrogens with zero attached hydrogens (tertiary/aromatic N) is 2. The third kappa shape index (κ3) is 4.03. The number of phenolic OH excluding ortho intramolecular Hbond substituents is 1. The van der Waals surface area contributed by atoms with E-state index in [1.54, 1.807) is 48.5 Å². The lowest BCUT2D eigenvalue weighted by Crippen LogP contribution is -2.35. The predicted molar refractivity (Wildman–Crippen MR) is 126 cm³/mol. The number of amides is 1. The van der Waals surface area contributed by atoms with E-state index in [9.17, 15) is 19.8 Å². The summed E-state index contributed by atoms with van der Waals surface area (Å²) in [5, 5.41) is 23.5. The molecule has 0 aromatic heterocycles. The Labute approximate surface area is 192 Å². The number of hydrogen-bond donors (Lipinski definition) is 2. The number of carbonyl (C=O) groups excluding carboxylic acids is 2. The molecule has 0 spiro atoms. The number of likely N-dealkylation sites (N-methyl/N-ethyl adjacent to an activating group) is 1. The van der Waals surface area contributed by atoms with Crippen LogP contribution in [-0.4, -0.2) is 66.0 Å². The SMILES string of the molecule is COc1cccc(C2/C(=C(\O)c3ccc4ccccc4c3O)C(=O)C(=O)N2CCN(C)C)c1. The fourth-order valence-corrected chi connectivity index (χ4v) is 4.17. The molecule has 1 aliphatic rings. The molecule has 0 saturated carbocycles. The van der Waals surface area contributed by atoms with Crippen molar-refractivity contribution in [2.75, 3.05) is 34.3 Å². The molecule has 1 heterocycles. The van der Waals surface area contributed by atoms with Gasteiger partial charge >= 0.3 is 0 Å². The van der Waals surface area contributed by atoms with Gasteiger partial charge in [0.1, 0.15) is 17.3 Å². The lowest BCUT2D eigenvalue weighted by atomic mass is 9.94. The Hall–Kier alpha value is -3.84. The number of aliphatic hydroxyl groups excluding tert-OH is 1. The Balaban J connectivity index is 1.91. The Morgan fingerprint density at radius 3 is 2.55 bits per heavy atom. The lowest BCUT2D eigenvalue weighted by Gasteiger charge is -2.27. The number of methoxy groups -OCH3 is 1. The summed E-state index contributed by atoms with van der Waals surface area (Å²) in [5.41, 5.74) is 0.680. The topological polar surface area (TPSA) is 90.3 Å². The number of phenols is 1. The van der Waals surface area contributed by atoms with Gasteiger partial charge in [-0.3, -0.25) is 9.59 Å². The van der Waals surface area contributed by atoms with Crippen molar-refractivity contribution in [2.45, 2.75) is 6.04 Å². The fraction of sp³-hybridized carbons (Fsp3) is 0.231. The molecule has 2 N–H and O–H groups in total. The summed E-state index contributed by atoms with van der Waals surface area (Å²) in [7, 11) is 5.30. The van der Waals surface area contributed by atoms with E-state index in [-0.39, 0.29) is 16.9 Å². The van der Waals surface area contributed by atoms with Crippen molar-refractivity contribution in [3.05, 3.63) is 77.4 Å². The molecule has 0 bridgehead atoms. The Bertz CT molecular complexity index is 1260. The van der Waals surface area contributed by atoms with Crippen LogP contribution in [0.1, 0.15) is 17.2 Å². The van der Waals surface area contributed by atoms with E-state index >= 15 is 0 Å². The highest BCUT2D eigenvalue weighted by Gasteiger charge is 2.46. The zero-order valence-corrected chi connectivity index (χ0v) is 18.8. The molecule has 7 nitrogen and oxygen atoms in total. The third-order valence-corrected chi connectivity index (χ3v) is 5.89. The van der Waals surface area contributed by atoms with E-state index in [1.807, 2.05) is 31.1 Å². The van der Waals surface area contributed by atoms with E-state index in [1.165, 1.54) is 12.0 Å². The van der Waals surface area contributed by atoms with Crippen molar-refractivity contribution in [2.24, 2.45) is 0 Å². The van der Waals surface area contributed by atoms with E-state index in [2.05, 4.69) is 0 Å². The van der Waals surface area contributed by atoms with Gasteiger partial charge in [-0.25, -0.2) is 0 Å². The van der Waals surface area contributed by atoms with Crippen molar-refractivity contribution in [3.63, 3.8) is 0 Å². The van der Waals surface area contributed by atoms with Crippen LogP contribution >= 0.6 is 0 Å². The molecular weight excluding hydrogens is 420 g/mol. The van der Waals surface area contributed by atoms with Gasteiger partial charge in [-0.15, -0.1) is 0 Å². The first-order valence-corrected chi connectivity index (χ1v) is 10.6. The van der Waals surface area contributed by atoms with Crippen LogP contribution in [0.3, 0.4) is 0 Å². The average molecular weight is 447 g/mol. The second kappa shape index (κ2) is 8.96. The minimum atomic E-state index is -0.814. The molecule has 3 aromatic carbocycles. The molecular formula is C26H26N2O5. The quantitative estimate of drug-likeness (QED) is 0.342. The average Bonchev–Trinajstić information content (AvgIpc) is 3.07. The van der Waals surface area contributed by atoms with Crippen LogP contribution < -0.4 is 4.74 Å². The largest absolute Gasteiger partial charge is 0.507 e. The maximum absolute atomic E-state index is 13.2. The summed E-state index contributed by atoms with van der Waals surface area (Å²) in [6, 6.07) is 16.8. The van der Waals surface area contributed by atoms with Crippen LogP contribution in [-0.2, 0) is 9.59 Å². The molecule has 1 amide bonds. The number of carbonyl (C=O) groups is 2. The van der Waals surface area contributed by atoms with Crippen molar-refractivity contribution < 1.29 is 24.5 Å². The molecule has 170 valence electrons. The monoisotopic (exact) mass is 446 g/mol. The summed E-state index contributed by atoms with van der Waals surface area (Å²) in [6.07, 6.45) is 0. The van der Waals surface area contributed by atoms with E-state index in [0.29, 0.717) is 29.8 Å². The highest BCUT2D eigenvalue weighted by atomic mass is 16.5. The van der Waals surface area contributed by atoms with E-state index in [0.717, 1.165) is 5.39 Å². The number of rotatable bonds is 6. The van der Waals surface area contributed by atoms with Gasteiger partial charge in [-0.2, -0.15) is 0 Å². The molecule has 4 rings (SSSR count). The second-order valence-corrected chi connectivity index (χ2v) is 8.26. The van der Waals surface area contributed by atoms with Gasteiger partial charge in [0.2, 0.25) is 0 Å². The zero-order valence-electron chi connectivity index (χ0n) is 18.8. The smallest absolute Gasteiger partial charge is 0.295 e. The van der Waals surface area contributed by atoms with E-state index < -0.39 is 23.5 Å². The van der Waals surface area contributed by atoms with Gasteiger partial charge in [0.15, 0.2) is 0 Å². The minimum Gasteiger partial charge on any atom is -0.507 e. The zero-order chi connectivity index (χ0) is 23.7. The lowest BCUT2D eigenvalue weighted by molar-refractivity contribution is -0.140. The van der Waals surface area contributed by atoms with Gasteiger partial charge in [-0.05, 0) is 43.2 Å². The Kier molecular flexibility index (Phi) is 6.07. The number of benzene rings is 3. The highest BCUT2D eigenvalue weighted by molar-refractivity contribution is 6.46. The molecule has 0 aliphatic carbocycles. The van der Waals surface area contributed by atoms with Crippen molar-refractivity contribution in [1.29, 1.82) is 0 Å². The summed E-state index contributed by atoms with van der Waals surface area (Å²) < 4.78 is 5.33. The molecule has 1 unspecified atom stereocenters. The van der Waals surface area contributed by atoms with E-state index in [4.69, 9.17) is 4.74 Å². The predicted octanol–water partition coefficient (Wildman–Crippen LogP) is 3.54. The molecule has 1 aliphatic heterocycles. The number of ketones is 1. The van der Waals surface area contributed by atoms with Gasteiger partial charge in [0.25, 0.3) is 11.7 Å². The molecule has 7 heteroatoms. The van der Waals surface area contributed by atoms with Crippen molar-refractivity contribution in [3.8, 4) is 11.5 Å². The van der Waals surface area contributed by atoms with Crippen LogP contribution in [0.15, 0.2) is 66.2 Å². The summed E-state index contributed by atoms with van der Waals surface area (Å²) in [4.78, 5) is 29.5. The van der Waals surface area contributed by atoms with Crippen molar-refractivity contribution in [1.82, 2.24) is 9.80 Å². The van der Waals surface area contributed by atoms with Gasteiger partial charge in [0, 0.05) is 18.5 Å². The van der Waals surface area contributed by atoms with Crippen LogP contribution in [0.4, 0.5) is 0 Å². The number of Topliss-reactive ketones (excluding diaryl/α,β-unsaturated/α-hetero) is 1. The number of aromatic hydroxyl groups is 1. The molecule has 0 radical (unpaired) electrons. The van der Waals surface area contributed by atoms with Crippen LogP contribution in [0, 0.1) is 0 Å². The summed E-state index contributed by atoms with van der Waals surface area (Å²) in [6.45, 7) is 0.828. The summed E-state index contributed by atoms with van der Waals surface area (Å²) >= 11 is 0. The fourth-order valence-electron chi connectivity index (χ4n) is 4.17. The van der Waals surface area contributed by atoms with Crippen LogP contribution in [0.2, 0.25) is 0 Å². The highest BCUT2D eigenvalue weighted by Crippen LogP contribution is 2.42. The Morgan fingerprint density at radius 2 is 1.82 bits per heavy atom. The summed E-state index contributed by atoms with van der Waals surface area (Å²) in [5.74, 6) is -1.45.